The number of aromatic nitrogens is 4. The van der Waals surface area contributed by atoms with Gasteiger partial charge in [-0.15, -0.1) is 0 Å². The van der Waals surface area contributed by atoms with E-state index < -0.39 is 10.0 Å². The summed E-state index contributed by atoms with van der Waals surface area (Å²) >= 11 is 0. The summed E-state index contributed by atoms with van der Waals surface area (Å²) in [7, 11) is -3.57. The number of aromatic amines is 1. The maximum Gasteiger partial charge on any atom is 0.243 e. The van der Waals surface area contributed by atoms with E-state index in [1.165, 1.54) is 17.1 Å². The molecule has 8 nitrogen and oxygen atoms in total. The second-order valence-electron chi connectivity index (χ2n) is 4.07. The van der Waals surface area contributed by atoms with Gasteiger partial charge in [-0.25, -0.2) is 13.1 Å². The number of nitrogens with zero attached hydrogens (tertiary/aromatic N) is 3. The molecule has 0 atom stereocenters. The zero-order valence-electron chi connectivity index (χ0n) is 10.5. The van der Waals surface area contributed by atoms with E-state index in [-0.39, 0.29) is 11.4 Å². The van der Waals surface area contributed by atoms with Gasteiger partial charge in [0.05, 0.1) is 18.9 Å². The number of rotatable bonds is 6. The molecular weight excluding hydrogens is 268 g/mol. The van der Waals surface area contributed by atoms with Crippen LogP contribution in [0.5, 0.6) is 0 Å². The van der Waals surface area contributed by atoms with Crippen LogP contribution < -0.4 is 10.5 Å². The van der Waals surface area contributed by atoms with Crippen LogP contribution in [0.2, 0.25) is 0 Å². The first-order valence-corrected chi connectivity index (χ1v) is 7.22. The Morgan fingerprint density at radius 3 is 2.89 bits per heavy atom. The molecule has 0 unspecified atom stereocenters. The average molecular weight is 284 g/mol. The Kier molecular flexibility index (Phi) is 3.98. The maximum atomic E-state index is 12.0. The molecule has 0 fully saturated rings. The van der Waals surface area contributed by atoms with Gasteiger partial charge in [0.1, 0.15) is 4.90 Å². The third kappa shape index (κ3) is 3.19. The molecule has 4 N–H and O–H groups in total. The lowest BCUT2D eigenvalue weighted by Gasteiger charge is -2.03. The maximum absolute atomic E-state index is 12.0. The predicted octanol–water partition coefficient (Wildman–Crippen LogP) is -0.648. The van der Waals surface area contributed by atoms with Crippen LogP contribution in [-0.2, 0) is 23.1 Å². The molecular formula is C10H16N6O2S. The number of nitrogens with one attached hydrogen (secondary N) is 2. The molecule has 19 heavy (non-hydrogen) atoms. The van der Waals surface area contributed by atoms with E-state index in [1.54, 1.807) is 6.20 Å². The topological polar surface area (TPSA) is 119 Å². The number of nitrogens with two attached hydrogens (primary N) is 1. The van der Waals surface area contributed by atoms with Crippen molar-refractivity contribution >= 4 is 10.0 Å². The van der Waals surface area contributed by atoms with Crippen molar-refractivity contribution in [1.29, 1.82) is 0 Å². The van der Waals surface area contributed by atoms with Gasteiger partial charge in [0, 0.05) is 30.5 Å². The Balaban J connectivity index is 2.07. The van der Waals surface area contributed by atoms with Crippen molar-refractivity contribution in [3.05, 3.63) is 29.8 Å². The zero-order valence-corrected chi connectivity index (χ0v) is 11.3. The molecule has 0 saturated heterocycles. The molecule has 2 aromatic rings. The Morgan fingerprint density at radius 2 is 2.26 bits per heavy atom. The van der Waals surface area contributed by atoms with Crippen LogP contribution in [0.1, 0.15) is 11.3 Å². The van der Waals surface area contributed by atoms with Gasteiger partial charge in [-0.2, -0.15) is 10.2 Å². The molecule has 0 aliphatic rings. The van der Waals surface area contributed by atoms with Crippen molar-refractivity contribution < 1.29 is 8.42 Å². The first kappa shape index (κ1) is 13.7. The fraction of sp³-hybridized carbons (Fsp3) is 0.400. The first-order valence-electron chi connectivity index (χ1n) is 5.74. The summed E-state index contributed by atoms with van der Waals surface area (Å²) in [5.41, 5.74) is 7.02. The molecule has 0 saturated carbocycles. The molecule has 0 aliphatic heterocycles. The van der Waals surface area contributed by atoms with Crippen LogP contribution in [0, 0.1) is 6.92 Å². The fourth-order valence-corrected chi connectivity index (χ4v) is 2.51. The van der Waals surface area contributed by atoms with Gasteiger partial charge in [-0.1, -0.05) is 0 Å². The summed E-state index contributed by atoms with van der Waals surface area (Å²) < 4.78 is 28.1. The Labute approximate surface area is 111 Å². The van der Waals surface area contributed by atoms with E-state index in [9.17, 15) is 8.42 Å². The lowest BCUT2D eigenvalue weighted by atomic mass is 10.3. The minimum atomic E-state index is -3.57. The molecule has 9 heteroatoms. The monoisotopic (exact) mass is 284 g/mol. The van der Waals surface area contributed by atoms with Gasteiger partial charge >= 0.3 is 0 Å². The van der Waals surface area contributed by atoms with Crippen molar-refractivity contribution in [2.24, 2.45) is 5.73 Å². The second kappa shape index (κ2) is 5.51. The summed E-state index contributed by atoms with van der Waals surface area (Å²) in [5, 5.41) is 10.5. The number of hydrogen-bond acceptors (Lipinski definition) is 5. The molecule has 0 radical (unpaired) electrons. The quantitative estimate of drug-likeness (QED) is 0.651. The summed E-state index contributed by atoms with van der Waals surface area (Å²) in [4.78, 5) is 0.127. The second-order valence-corrected chi connectivity index (χ2v) is 5.84. The van der Waals surface area contributed by atoms with Crippen LogP contribution in [0.4, 0.5) is 0 Å². The van der Waals surface area contributed by atoms with E-state index in [0.29, 0.717) is 13.1 Å². The van der Waals surface area contributed by atoms with Gasteiger partial charge < -0.3 is 5.73 Å². The Bertz CT molecular complexity index is 645. The molecule has 0 spiro atoms. The van der Waals surface area contributed by atoms with Crippen LogP contribution >= 0.6 is 0 Å². The number of aryl methyl sites for hydroxylation is 1. The zero-order chi connectivity index (χ0) is 13.9. The standard InChI is InChI=1S/C10H16N6O2S/c1-8-9(4-12-15-8)5-14-19(17,18)10-6-13-16(7-10)3-2-11/h4,6-7,14H,2-3,5,11H2,1H3,(H,12,15). The average Bonchev–Trinajstić information content (AvgIpc) is 2.97. The highest BCUT2D eigenvalue weighted by Crippen LogP contribution is 2.09. The van der Waals surface area contributed by atoms with E-state index >= 15 is 0 Å². The van der Waals surface area contributed by atoms with E-state index in [0.717, 1.165) is 11.3 Å². The molecule has 0 amide bonds. The van der Waals surface area contributed by atoms with Gasteiger partial charge in [0.2, 0.25) is 10.0 Å². The highest BCUT2D eigenvalue weighted by Gasteiger charge is 2.16. The predicted molar refractivity (Wildman–Crippen MR) is 68.6 cm³/mol. The van der Waals surface area contributed by atoms with Crippen LogP contribution in [0.25, 0.3) is 0 Å². The molecule has 2 aromatic heterocycles. The van der Waals surface area contributed by atoms with Gasteiger partial charge in [-0.3, -0.25) is 9.78 Å². The fourth-order valence-electron chi connectivity index (χ4n) is 1.55. The summed E-state index contributed by atoms with van der Waals surface area (Å²) in [5.74, 6) is 0. The van der Waals surface area contributed by atoms with Crippen LogP contribution in [0.3, 0.4) is 0 Å². The van der Waals surface area contributed by atoms with E-state index in [1.807, 2.05) is 6.92 Å². The highest BCUT2D eigenvalue weighted by molar-refractivity contribution is 7.89. The minimum Gasteiger partial charge on any atom is -0.329 e. The van der Waals surface area contributed by atoms with Gasteiger partial charge in [0.25, 0.3) is 0 Å². The normalized spacial score (nSPS) is 11.9. The molecule has 0 bridgehead atoms. The number of hydrogen-bond donors (Lipinski definition) is 3. The molecule has 0 aromatic carbocycles. The van der Waals surface area contributed by atoms with Crippen molar-refractivity contribution in [2.75, 3.05) is 6.54 Å². The van der Waals surface area contributed by atoms with Gasteiger partial charge in [-0.05, 0) is 6.92 Å². The third-order valence-corrected chi connectivity index (χ3v) is 4.02. The summed E-state index contributed by atoms with van der Waals surface area (Å²) in [6, 6.07) is 0. The lowest BCUT2D eigenvalue weighted by molar-refractivity contribution is 0.580. The van der Waals surface area contributed by atoms with Crippen molar-refractivity contribution in [1.82, 2.24) is 24.7 Å². The smallest absolute Gasteiger partial charge is 0.243 e. The minimum absolute atomic E-state index is 0.127. The lowest BCUT2D eigenvalue weighted by Crippen LogP contribution is -2.23. The molecule has 104 valence electrons. The Morgan fingerprint density at radius 1 is 1.47 bits per heavy atom. The van der Waals surface area contributed by atoms with Crippen molar-refractivity contribution in [3.63, 3.8) is 0 Å². The molecule has 2 heterocycles. The largest absolute Gasteiger partial charge is 0.329 e. The van der Waals surface area contributed by atoms with Crippen molar-refractivity contribution in [3.8, 4) is 0 Å². The molecule has 0 aliphatic carbocycles. The van der Waals surface area contributed by atoms with E-state index in [4.69, 9.17) is 5.73 Å². The molecule has 2 rings (SSSR count). The van der Waals surface area contributed by atoms with E-state index in [2.05, 4.69) is 20.0 Å². The summed E-state index contributed by atoms with van der Waals surface area (Å²) in [6.07, 6.45) is 4.35. The SMILES string of the molecule is Cc1[nH]ncc1CNS(=O)(=O)c1cnn(CCN)c1. The highest BCUT2D eigenvalue weighted by atomic mass is 32.2. The Hall–Kier alpha value is -1.71. The third-order valence-electron chi connectivity index (χ3n) is 2.67. The van der Waals surface area contributed by atoms with Crippen molar-refractivity contribution in [2.45, 2.75) is 24.9 Å². The van der Waals surface area contributed by atoms with Gasteiger partial charge in [0.15, 0.2) is 0 Å². The number of H-pyrrole nitrogens is 1. The van der Waals surface area contributed by atoms with Crippen LogP contribution in [0.15, 0.2) is 23.5 Å². The first-order chi connectivity index (χ1) is 9.03. The number of sulfonamides is 1. The summed E-state index contributed by atoms with van der Waals surface area (Å²) in [6.45, 7) is 2.90. The van der Waals surface area contributed by atoms with Crippen LogP contribution in [-0.4, -0.2) is 34.9 Å².